The molecule has 6 atom stereocenters. The zero-order valence-corrected chi connectivity index (χ0v) is 27.7. The van der Waals surface area contributed by atoms with Crippen LogP contribution in [0.4, 0.5) is 0 Å². The summed E-state index contributed by atoms with van der Waals surface area (Å²) in [7, 11) is 0. The maximum absolute atomic E-state index is 15.0. The quantitative estimate of drug-likeness (QED) is 0.168. The molecule has 6 rings (SSSR count). The Morgan fingerprint density at radius 2 is 1.55 bits per heavy atom. The number of fused-ring (bicyclic) bond motifs is 5. The third-order valence-electron chi connectivity index (χ3n) is 10.4. The van der Waals surface area contributed by atoms with Crippen LogP contribution in [0, 0.1) is 5.92 Å². The number of nitrogens with two attached hydrogens (primary N) is 2. The van der Waals surface area contributed by atoms with Crippen LogP contribution in [0.5, 0.6) is 0 Å². The summed E-state index contributed by atoms with van der Waals surface area (Å²) < 4.78 is 0. The van der Waals surface area contributed by atoms with Crippen LogP contribution in [-0.2, 0) is 43.4 Å². The van der Waals surface area contributed by atoms with E-state index in [1.165, 1.54) is 0 Å². The van der Waals surface area contributed by atoms with E-state index in [1.807, 2.05) is 54.6 Å². The lowest BCUT2D eigenvalue weighted by atomic mass is 9.84. The Kier molecular flexibility index (Phi) is 10.4. The summed E-state index contributed by atoms with van der Waals surface area (Å²) in [6.45, 7) is 0.0471. The predicted molar refractivity (Wildman–Crippen MR) is 182 cm³/mol. The second-order valence-corrected chi connectivity index (χ2v) is 13.6. The third-order valence-corrected chi connectivity index (χ3v) is 10.4. The number of nitrogens with zero attached hydrogens (tertiary/aromatic N) is 3. The van der Waals surface area contributed by atoms with Crippen LogP contribution in [0.3, 0.4) is 0 Å². The first kappa shape index (κ1) is 33.9. The maximum Gasteiger partial charge on any atom is 0.246 e. The second kappa shape index (κ2) is 15.1. The van der Waals surface area contributed by atoms with Gasteiger partial charge in [-0.2, -0.15) is 0 Å². The summed E-state index contributed by atoms with van der Waals surface area (Å²) in [6, 6.07) is 13.3. The normalized spacial score (nSPS) is 27.6. The van der Waals surface area contributed by atoms with Gasteiger partial charge in [0.1, 0.15) is 24.2 Å². The summed E-state index contributed by atoms with van der Waals surface area (Å²) >= 11 is 0. The fourth-order valence-electron chi connectivity index (χ4n) is 7.98. The number of guanidine groups is 1. The highest BCUT2D eigenvalue weighted by molar-refractivity contribution is 5.98. The fraction of sp³-hybridized carbons (Fsp3) is 0.500. The van der Waals surface area contributed by atoms with Gasteiger partial charge in [0.2, 0.25) is 29.5 Å². The molecule has 1 saturated carbocycles. The standard InChI is InChI=1S/C36H46N8O5/c37-36(38)39-16-8-14-26-32(46)40-20-31(45)41-27(17-22-9-2-1-3-10-22)34(48)43-21-25-13-5-4-11-23(25)18-30(43)35(49)44-28-15-7-6-12-24(28)19-29(44)33(47)42-26/h1-5,9-11,13,24,26-30H,6-8,12,14-21H2,(H,40,46)(H,41,45)(H,42,47)(H4,37,38,39)/t24-,26-,27-,28-,29-,30+/m0/s1. The van der Waals surface area contributed by atoms with Crippen molar-refractivity contribution in [2.45, 2.75) is 94.5 Å². The Labute approximate surface area is 286 Å². The van der Waals surface area contributed by atoms with Crippen LogP contribution < -0.4 is 27.4 Å². The van der Waals surface area contributed by atoms with Crippen molar-refractivity contribution in [2.75, 3.05) is 13.1 Å². The van der Waals surface area contributed by atoms with Gasteiger partial charge in [0.25, 0.3) is 0 Å². The van der Waals surface area contributed by atoms with E-state index in [-0.39, 0.29) is 55.7 Å². The molecule has 0 radical (unpaired) electrons. The largest absolute Gasteiger partial charge is 0.370 e. The summed E-state index contributed by atoms with van der Waals surface area (Å²) in [5, 5.41) is 8.42. The van der Waals surface area contributed by atoms with Gasteiger partial charge in [0.15, 0.2) is 5.96 Å². The highest BCUT2D eigenvalue weighted by Crippen LogP contribution is 2.41. The van der Waals surface area contributed by atoms with Crippen LogP contribution in [0.2, 0.25) is 0 Å². The van der Waals surface area contributed by atoms with E-state index in [1.54, 1.807) is 9.80 Å². The molecule has 0 spiro atoms. The summed E-state index contributed by atoms with van der Waals surface area (Å²) in [4.78, 5) is 77.9. The molecule has 3 fully saturated rings. The Balaban J connectivity index is 1.39. The van der Waals surface area contributed by atoms with Crippen LogP contribution in [0.1, 0.15) is 61.6 Å². The molecule has 3 heterocycles. The zero-order valence-electron chi connectivity index (χ0n) is 27.7. The van der Waals surface area contributed by atoms with Gasteiger partial charge in [-0.05, 0) is 54.7 Å². The smallest absolute Gasteiger partial charge is 0.246 e. The molecule has 0 aromatic heterocycles. The van der Waals surface area contributed by atoms with Crippen LogP contribution in [0.15, 0.2) is 59.6 Å². The molecule has 1 aliphatic carbocycles. The van der Waals surface area contributed by atoms with Crippen molar-refractivity contribution in [3.8, 4) is 0 Å². The molecule has 5 amide bonds. The first-order valence-electron chi connectivity index (χ1n) is 17.4. The lowest BCUT2D eigenvalue weighted by Gasteiger charge is -2.42. The number of aliphatic imine (C=N–C) groups is 1. The molecule has 2 aromatic carbocycles. The molecular weight excluding hydrogens is 624 g/mol. The predicted octanol–water partition coefficient (Wildman–Crippen LogP) is 0.495. The van der Waals surface area contributed by atoms with Gasteiger partial charge in [-0.15, -0.1) is 0 Å². The van der Waals surface area contributed by atoms with Gasteiger partial charge >= 0.3 is 0 Å². The molecule has 13 heteroatoms. The molecule has 2 aromatic rings. The van der Waals surface area contributed by atoms with Crippen molar-refractivity contribution in [1.29, 1.82) is 0 Å². The van der Waals surface area contributed by atoms with E-state index in [0.29, 0.717) is 19.3 Å². The minimum atomic E-state index is -0.996. The Morgan fingerprint density at radius 1 is 0.816 bits per heavy atom. The molecule has 0 unspecified atom stereocenters. The molecule has 2 saturated heterocycles. The molecule has 13 nitrogen and oxygen atoms in total. The van der Waals surface area contributed by atoms with Gasteiger partial charge in [-0.25, -0.2) is 0 Å². The van der Waals surface area contributed by atoms with Crippen LogP contribution >= 0.6 is 0 Å². The highest BCUT2D eigenvalue weighted by Gasteiger charge is 2.51. The van der Waals surface area contributed by atoms with Gasteiger partial charge in [-0.3, -0.25) is 29.0 Å². The number of carbonyl (C=O) groups excluding carboxylic acids is 5. The molecule has 3 aliphatic heterocycles. The number of nitrogens with one attached hydrogen (secondary N) is 3. The average molecular weight is 671 g/mol. The second-order valence-electron chi connectivity index (χ2n) is 13.6. The lowest BCUT2D eigenvalue weighted by Crippen LogP contribution is -2.61. The minimum absolute atomic E-state index is 0.0751. The number of carbonyl (C=O) groups is 5. The number of hydrogen-bond donors (Lipinski definition) is 5. The third kappa shape index (κ3) is 7.71. The highest BCUT2D eigenvalue weighted by atomic mass is 16.2. The Morgan fingerprint density at radius 3 is 2.33 bits per heavy atom. The average Bonchev–Trinajstić information content (AvgIpc) is 3.50. The van der Waals surface area contributed by atoms with E-state index in [2.05, 4.69) is 20.9 Å². The summed E-state index contributed by atoms with van der Waals surface area (Å²) in [5.74, 6) is -2.11. The molecule has 260 valence electrons. The number of hydrogen-bond acceptors (Lipinski definition) is 6. The van der Waals surface area contributed by atoms with E-state index in [4.69, 9.17) is 11.5 Å². The van der Waals surface area contributed by atoms with Crippen molar-refractivity contribution in [2.24, 2.45) is 22.4 Å². The van der Waals surface area contributed by atoms with Crippen molar-refractivity contribution < 1.29 is 24.0 Å². The SMILES string of the molecule is NC(N)=NCCC[C@@H]1NC(=O)[C@@H]2C[C@@H]3CCCC[C@@H]3N2C(=O)[C@H]2Cc3ccccc3CN2C(=O)[C@H](Cc2ccccc2)NC(=O)CNC1=O. The Bertz CT molecular complexity index is 1590. The molecular formula is C36H46N8O5. The number of amides is 5. The zero-order chi connectivity index (χ0) is 34.5. The fourth-order valence-corrected chi connectivity index (χ4v) is 7.98. The summed E-state index contributed by atoms with van der Waals surface area (Å²) in [5.41, 5.74) is 13.7. The van der Waals surface area contributed by atoms with Crippen molar-refractivity contribution >= 4 is 35.5 Å². The van der Waals surface area contributed by atoms with Crippen LogP contribution in [-0.4, -0.2) is 88.6 Å². The molecule has 49 heavy (non-hydrogen) atoms. The number of benzene rings is 2. The Hall–Kier alpha value is -4.94. The lowest BCUT2D eigenvalue weighted by molar-refractivity contribution is -0.152. The monoisotopic (exact) mass is 670 g/mol. The van der Waals surface area contributed by atoms with Crippen molar-refractivity contribution in [3.63, 3.8) is 0 Å². The topological polar surface area (TPSA) is 192 Å². The van der Waals surface area contributed by atoms with Gasteiger partial charge in [-0.1, -0.05) is 67.4 Å². The molecule has 0 bridgehead atoms. The van der Waals surface area contributed by atoms with Crippen molar-refractivity contribution in [3.05, 3.63) is 71.3 Å². The summed E-state index contributed by atoms with van der Waals surface area (Å²) in [6.07, 6.45) is 5.22. The first-order chi connectivity index (χ1) is 23.7. The van der Waals surface area contributed by atoms with E-state index >= 15 is 0 Å². The maximum atomic E-state index is 15.0. The molecule has 7 N–H and O–H groups in total. The first-order valence-corrected chi connectivity index (χ1v) is 17.4. The number of rotatable bonds is 6. The van der Waals surface area contributed by atoms with Gasteiger partial charge in [0, 0.05) is 32.0 Å². The van der Waals surface area contributed by atoms with E-state index in [0.717, 1.165) is 42.4 Å². The minimum Gasteiger partial charge on any atom is -0.370 e. The van der Waals surface area contributed by atoms with Crippen LogP contribution in [0.25, 0.3) is 0 Å². The van der Waals surface area contributed by atoms with Gasteiger partial charge in [0.05, 0.1) is 6.54 Å². The van der Waals surface area contributed by atoms with E-state index in [9.17, 15) is 24.0 Å². The van der Waals surface area contributed by atoms with E-state index < -0.39 is 48.4 Å². The van der Waals surface area contributed by atoms with Gasteiger partial charge < -0.3 is 37.2 Å². The van der Waals surface area contributed by atoms with Crippen molar-refractivity contribution in [1.82, 2.24) is 25.8 Å². The molecule has 4 aliphatic rings.